The maximum Gasteiger partial charge on any atom is 0.175 e. The Morgan fingerprint density at radius 3 is 1.55 bits per heavy atom. The zero-order chi connectivity index (χ0) is 14.7. The van der Waals surface area contributed by atoms with Gasteiger partial charge >= 0.3 is 0 Å². The summed E-state index contributed by atoms with van der Waals surface area (Å²) >= 11 is 2.92. The molecule has 2 rings (SSSR count). The van der Waals surface area contributed by atoms with Gasteiger partial charge in [-0.15, -0.1) is 22.7 Å². The molecule has 0 saturated heterocycles. The van der Waals surface area contributed by atoms with Gasteiger partial charge in [0.05, 0.1) is 9.75 Å². The Labute approximate surface area is 127 Å². The third-order valence-electron chi connectivity index (χ3n) is 3.93. The number of hydrogen-bond acceptors (Lipinski definition) is 4. The fraction of sp³-hybridized carbons (Fsp3) is 0.375. The third kappa shape index (κ3) is 3.07. The lowest BCUT2D eigenvalue weighted by Crippen LogP contribution is -2.28. The van der Waals surface area contributed by atoms with E-state index < -0.39 is 0 Å². The van der Waals surface area contributed by atoms with E-state index in [2.05, 4.69) is 0 Å². The van der Waals surface area contributed by atoms with Crippen LogP contribution in [0.1, 0.15) is 40.1 Å². The van der Waals surface area contributed by atoms with Crippen molar-refractivity contribution >= 4 is 34.2 Å². The summed E-state index contributed by atoms with van der Waals surface area (Å²) in [4.78, 5) is 26.3. The Morgan fingerprint density at radius 1 is 0.850 bits per heavy atom. The third-order valence-corrected chi connectivity index (χ3v) is 5.70. The summed E-state index contributed by atoms with van der Waals surface area (Å²) in [5, 5.41) is 3.82. The van der Waals surface area contributed by atoms with Crippen LogP contribution in [-0.4, -0.2) is 11.6 Å². The number of carbonyl (C=O) groups excluding carboxylic acids is 2. The van der Waals surface area contributed by atoms with Crippen LogP contribution in [0.25, 0.3) is 0 Å². The second-order valence-corrected chi connectivity index (χ2v) is 7.01. The summed E-state index contributed by atoms with van der Waals surface area (Å²) in [6.07, 6.45) is 0. The second kappa shape index (κ2) is 6.46. The number of ketones is 2. The number of hydrogen-bond donors (Lipinski definition) is 0. The van der Waals surface area contributed by atoms with Crippen LogP contribution in [0.3, 0.4) is 0 Å². The summed E-state index contributed by atoms with van der Waals surface area (Å²) in [6, 6.07) is 7.47. The molecule has 2 heterocycles. The summed E-state index contributed by atoms with van der Waals surface area (Å²) in [7, 11) is 0. The quantitative estimate of drug-likeness (QED) is 0.719. The van der Waals surface area contributed by atoms with E-state index in [4.69, 9.17) is 0 Å². The summed E-state index contributed by atoms with van der Waals surface area (Å²) in [5.74, 6) is 0.0102. The molecule has 0 aliphatic rings. The maximum absolute atomic E-state index is 12.4. The highest BCUT2D eigenvalue weighted by atomic mass is 32.1. The summed E-state index contributed by atoms with van der Waals surface area (Å²) in [6.45, 7) is 5.84. The van der Waals surface area contributed by atoms with Gasteiger partial charge in [-0.05, 0) is 28.8 Å². The van der Waals surface area contributed by atoms with Gasteiger partial charge in [0.1, 0.15) is 0 Å². The molecule has 0 amide bonds. The van der Waals surface area contributed by atoms with Crippen molar-refractivity contribution in [1.82, 2.24) is 0 Å². The van der Waals surface area contributed by atoms with Gasteiger partial charge in [-0.3, -0.25) is 9.59 Å². The van der Waals surface area contributed by atoms with Gasteiger partial charge in [0.25, 0.3) is 0 Å². The predicted molar refractivity (Wildman–Crippen MR) is 84.8 cm³/mol. The van der Waals surface area contributed by atoms with Gasteiger partial charge in [-0.2, -0.15) is 0 Å². The molecule has 2 unspecified atom stereocenters. The number of thiophene rings is 2. The molecule has 2 aromatic rings. The fourth-order valence-electron chi connectivity index (χ4n) is 2.20. The first-order chi connectivity index (χ1) is 9.52. The molecule has 0 N–H and O–H groups in total. The lowest BCUT2D eigenvalue weighted by molar-refractivity contribution is 0.0801. The highest BCUT2D eigenvalue weighted by Gasteiger charge is 2.30. The van der Waals surface area contributed by atoms with Crippen molar-refractivity contribution in [3.05, 3.63) is 44.8 Å². The monoisotopic (exact) mass is 306 g/mol. The molecule has 0 saturated carbocycles. The molecule has 0 aromatic carbocycles. The summed E-state index contributed by atoms with van der Waals surface area (Å²) in [5.41, 5.74) is 0. The molecule has 0 fully saturated rings. The molecule has 2 aromatic heterocycles. The Balaban J connectivity index is 2.08. The molecule has 0 radical (unpaired) electrons. The van der Waals surface area contributed by atoms with Crippen LogP contribution in [-0.2, 0) is 0 Å². The first-order valence-corrected chi connectivity index (χ1v) is 8.43. The zero-order valence-corrected chi connectivity index (χ0v) is 13.5. The smallest absolute Gasteiger partial charge is 0.175 e. The Bertz CT molecular complexity index is 517. The van der Waals surface area contributed by atoms with E-state index >= 15 is 0 Å². The van der Waals surface area contributed by atoms with Crippen LogP contribution in [0.4, 0.5) is 0 Å². The van der Waals surface area contributed by atoms with E-state index in [-0.39, 0.29) is 29.3 Å². The van der Waals surface area contributed by atoms with Crippen LogP contribution in [0.5, 0.6) is 0 Å². The maximum atomic E-state index is 12.4. The molecule has 0 bridgehead atoms. The van der Waals surface area contributed by atoms with Gasteiger partial charge in [-0.25, -0.2) is 0 Å². The normalized spacial score (nSPS) is 15.6. The minimum atomic E-state index is -0.146. The minimum absolute atomic E-state index is 0.0270. The van der Waals surface area contributed by atoms with Gasteiger partial charge in [0, 0.05) is 11.8 Å². The van der Waals surface area contributed by atoms with Crippen molar-refractivity contribution in [1.29, 1.82) is 0 Å². The number of Topliss-reactive ketones (excluding diaryl/α,β-unsaturated/α-hetero) is 2. The predicted octanol–water partition coefficient (Wildman–Crippen LogP) is 4.78. The number of rotatable bonds is 6. The van der Waals surface area contributed by atoms with Crippen molar-refractivity contribution in [3.8, 4) is 0 Å². The standard InChI is InChI=1S/C16H18O2S2/c1-10(11(2)15(17)13-6-4-8-19-13)12(3)16(18)14-7-5-9-20-14/h4-12H,1-3H3. The van der Waals surface area contributed by atoms with Crippen LogP contribution >= 0.6 is 22.7 Å². The van der Waals surface area contributed by atoms with E-state index in [1.54, 1.807) is 0 Å². The molecule has 0 aliphatic carbocycles. The molecule has 106 valence electrons. The first-order valence-electron chi connectivity index (χ1n) is 6.67. The van der Waals surface area contributed by atoms with Crippen molar-refractivity contribution in [2.24, 2.45) is 17.8 Å². The average molecular weight is 306 g/mol. The molecule has 2 nitrogen and oxygen atoms in total. The number of carbonyl (C=O) groups is 2. The van der Waals surface area contributed by atoms with Gasteiger partial charge in [0.15, 0.2) is 11.6 Å². The zero-order valence-electron chi connectivity index (χ0n) is 11.8. The summed E-state index contributed by atoms with van der Waals surface area (Å²) < 4.78 is 0. The van der Waals surface area contributed by atoms with Crippen LogP contribution in [0.15, 0.2) is 35.0 Å². The van der Waals surface area contributed by atoms with Crippen LogP contribution in [0, 0.1) is 17.8 Å². The SMILES string of the molecule is CC(C(=O)c1cccs1)C(C)C(C)C(=O)c1cccs1. The molecule has 2 atom stereocenters. The molecule has 20 heavy (non-hydrogen) atoms. The van der Waals surface area contributed by atoms with Gasteiger partial charge < -0.3 is 0 Å². The van der Waals surface area contributed by atoms with E-state index in [1.165, 1.54) is 22.7 Å². The molecular weight excluding hydrogens is 288 g/mol. The van der Waals surface area contributed by atoms with Gasteiger partial charge in [0.2, 0.25) is 0 Å². The minimum Gasteiger partial charge on any atom is -0.293 e. The molecule has 4 heteroatoms. The van der Waals surface area contributed by atoms with E-state index in [9.17, 15) is 9.59 Å². The van der Waals surface area contributed by atoms with Crippen molar-refractivity contribution < 1.29 is 9.59 Å². The topological polar surface area (TPSA) is 34.1 Å². The Hall–Kier alpha value is -1.26. The van der Waals surface area contributed by atoms with Crippen molar-refractivity contribution in [3.63, 3.8) is 0 Å². The largest absolute Gasteiger partial charge is 0.293 e. The molecule has 0 spiro atoms. The Morgan fingerprint density at radius 2 is 1.25 bits per heavy atom. The fourth-order valence-corrected chi connectivity index (χ4v) is 3.72. The highest BCUT2D eigenvalue weighted by Crippen LogP contribution is 2.29. The van der Waals surface area contributed by atoms with Gasteiger partial charge in [-0.1, -0.05) is 32.9 Å². The first kappa shape index (κ1) is 15.1. The van der Waals surface area contributed by atoms with E-state index in [1.807, 2.05) is 55.8 Å². The average Bonchev–Trinajstić information content (AvgIpc) is 3.15. The lowest BCUT2D eigenvalue weighted by Gasteiger charge is -2.23. The van der Waals surface area contributed by atoms with Crippen LogP contribution in [0.2, 0.25) is 0 Å². The second-order valence-electron chi connectivity index (χ2n) is 5.12. The highest BCUT2D eigenvalue weighted by molar-refractivity contribution is 7.12. The Kier molecular flexibility index (Phi) is 4.89. The molecule has 0 aliphatic heterocycles. The van der Waals surface area contributed by atoms with Crippen molar-refractivity contribution in [2.45, 2.75) is 20.8 Å². The van der Waals surface area contributed by atoms with E-state index in [0.29, 0.717) is 0 Å². The molecular formula is C16H18O2S2. The van der Waals surface area contributed by atoms with E-state index in [0.717, 1.165) is 9.75 Å². The van der Waals surface area contributed by atoms with Crippen LogP contribution < -0.4 is 0 Å². The van der Waals surface area contributed by atoms with Crippen molar-refractivity contribution in [2.75, 3.05) is 0 Å². The lowest BCUT2D eigenvalue weighted by atomic mass is 9.80.